The summed E-state index contributed by atoms with van der Waals surface area (Å²) in [6.45, 7) is 5.14. The predicted octanol–water partition coefficient (Wildman–Crippen LogP) is 1.92. The molecule has 2 N–H and O–H groups in total. The lowest BCUT2D eigenvalue weighted by Crippen LogP contribution is -2.08. The maximum absolute atomic E-state index is 11.6. The van der Waals surface area contributed by atoms with Gasteiger partial charge in [-0.3, -0.25) is 0 Å². The van der Waals surface area contributed by atoms with E-state index in [0.29, 0.717) is 17.5 Å². The van der Waals surface area contributed by atoms with Gasteiger partial charge >= 0.3 is 5.97 Å². The van der Waals surface area contributed by atoms with E-state index in [0.717, 1.165) is 0 Å². The molecule has 0 bridgehead atoms. The van der Waals surface area contributed by atoms with Gasteiger partial charge in [-0.2, -0.15) is 0 Å². The van der Waals surface area contributed by atoms with E-state index in [2.05, 4.69) is 11.3 Å². The van der Waals surface area contributed by atoms with Gasteiger partial charge in [0.1, 0.15) is 11.5 Å². The normalized spacial score (nSPS) is 9.88. The molecule has 0 amide bonds. The fourth-order valence-electron chi connectivity index (χ4n) is 1.54. The second-order valence-corrected chi connectivity index (χ2v) is 3.38. The molecule has 0 aliphatic heterocycles. The SMILES string of the molecule is C=CCc1c(O)cc(O)c(C)c1C(=O)OC. The molecule has 0 fully saturated rings. The number of hydrogen-bond acceptors (Lipinski definition) is 4. The van der Waals surface area contributed by atoms with Gasteiger partial charge in [-0.05, 0) is 13.3 Å². The highest BCUT2D eigenvalue weighted by atomic mass is 16.5. The molecule has 0 aliphatic carbocycles. The number of carbonyl (C=O) groups excluding carboxylic acids is 1. The third-order valence-electron chi connectivity index (χ3n) is 2.38. The number of hydrogen-bond donors (Lipinski definition) is 2. The Bertz CT molecular complexity index is 435. The van der Waals surface area contributed by atoms with Crippen LogP contribution < -0.4 is 0 Å². The van der Waals surface area contributed by atoms with Crippen LogP contribution in [0.1, 0.15) is 21.5 Å². The van der Waals surface area contributed by atoms with Gasteiger partial charge in [0, 0.05) is 17.2 Å². The van der Waals surface area contributed by atoms with E-state index in [9.17, 15) is 15.0 Å². The molecule has 0 spiro atoms. The van der Waals surface area contributed by atoms with Crippen LogP contribution in [0, 0.1) is 6.92 Å². The Hall–Kier alpha value is -1.97. The van der Waals surface area contributed by atoms with Crippen molar-refractivity contribution in [3.63, 3.8) is 0 Å². The summed E-state index contributed by atoms with van der Waals surface area (Å²) in [5.41, 5.74) is 0.999. The Labute approximate surface area is 93.8 Å². The Balaban J connectivity index is 3.50. The molecule has 1 aromatic carbocycles. The van der Waals surface area contributed by atoms with Crippen molar-refractivity contribution in [1.82, 2.24) is 0 Å². The molecule has 0 aromatic heterocycles. The van der Waals surface area contributed by atoms with Crippen molar-refractivity contribution >= 4 is 5.97 Å². The Morgan fingerprint density at radius 3 is 2.62 bits per heavy atom. The summed E-state index contributed by atoms with van der Waals surface area (Å²) in [5.74, 6) is -0.852. The Morgan fingerprint density at radius 2 is 2.12 bits per heavy atom. The topological polar surface area (TPSA) is 66.8 Å². The summed E-state index contributed by atoms with van der Waals surface area (Å²) in [6.07, 6.45) is 1.90. The number of esters is 1. The molecule has 0 atom stereocenters. The molecule has 0 heterocycles. The van der Waals surface area contributed by atoms with Crippen LogP contribution in [0.4, 0.5) is 0 Å². The zero-order chi connectivity index (χ0) is 12.3. The van der Waals surface area contributed by atoms with Crippen LogP contribution in [0.3, 0.4) is 0 Å². The highest BCUT2D eigenvalue weighted by molar-refractivity contribution is 5.94. The number of phenols is 2. The summed E-state index contributed by atoms with van der Waals surface area (Å²) < 4.78 is 4.62. The summed E-state index contributed by atoms with van der Waals surface area (Å²) >= 11 is 0. The van der Waals surface area contributed by atoms with Gasteiger partial charge in [0.15, 0.2) is 0 Å². The van der Waals surface area contributed by atoms with Crippen molar-refractivity contribution in [1.29, 1.82) is 0 Å². The summed E-state index contributed by atoms with van der Waals surface area (Å²) in [7, 11) is 1.25. The minimum atomic E-state index is -0.583. The fourth-order valence-corrected chi connectivity index (χ4v) is 1.54. The maximum atomic E-state index is 11.6. The zero-order valence-corrected chi connectivity index (χ0v) is 9.28. The first-order valence-corrected chi connectivity index (χ1v) is 4.76. The first-order valence-electron chi connectivity index (χ1n) is 4.76. The number of aromatic hydroxyl groups is 2. The van der Waals surface area contributed by atoms with Gasteiger partial charge in [-0.1, -0.05) is 6.08 Å². The Morgan fingerprint density at radius 1 is 1.50 bits per heavy atom. The van der Waals surface area contributed by atoms with Crippen molar-refractivity contribution in [2.45, 2.75) is 13.3 Å². The molecule has 4 nitrogen and oxygen atoms in total. The summed E-state index contributed by atoms with van der Waals surface area (Å²) in [4.78, 5) is 11.6. The van der Waals surface area contributed by atoms with Crippen LogP contribution in [0.15, 0.2) is 18.7 Å². The lowest BCUT2D eigenvalue weighted by Gasteiger charge is -2.12. The van der Waals surface area contributed by atoms with E-state index in [1.807, 2.05) is 0 Å². The third kappa shape index (κ3) is 2.00. The van der Waals surface area contributed by atoms with Crippen molar-refractivity contribution in [3.8, 4) is 11.5 Å². The van der Waals surface area contributed by atoms with Gasteiger partial charge in [-0.25, -0.2) is 4.79 Å². The monoisotopic (exact) mass is 222 g/mol. The predicted molar refractivity (Wildman–Crippen MR) is 59.7 cm³/mol. The van der Waals surface area contributed by atoms with Crippen molar-refractivity contribution in [2.75, 3.05) is 7.11 Å². The average molecular weight is 222 g/mol. The van der Waals surface area contributed by atoms with Gasteiger partial charge in [-0.15, -0.1) is 6.58 Å². The van der Waals surface area contributed by atoms with E-state index in [4.69, 9.17) is 0 Å². The number of benzene rings is 1. The van der Waals surface area contributed by atoms with Gasteiger partial charge in [0.2, 0.25) is 0 Å². The zero-order valence-electron chi connectivity index (χ0n) is 9.28. The fraction of sp³-hybridized carbons (Fsp3) is 0.250. The van der Waals surface area contributed by atoms with E-state index in [-0.39, 0.29) is 17.1 Å². The molecule has 86 valence electrons. The van der Waals surface area contributed by atoms with Gasteiger partial charge in [0.05, 0.1) is 12.7 Å². The van der Waals surface area contributed by atoms with E-state index < -0.39 is 5.97 Å². The third-order valence-corrected chi connectivity index (χ3v) is 2.38. The molecule has 0 saturated heterocycles. The molecule has 0 radical (unpaired) electrons. The van der Waals surface area contributed by atoms with E-state index >= 15 is 0 Å². The van der Waals surface area contributed by atoms with Crippen LogP contribution in [0.25, 0.3) is 0 Å². The maximum Gasteiger partial charge on any atom is 0.338 e. The van der Waals surface area contributed by atoms with Crippen LogP contribution in [-0.2, 0) is 11.2 Å². The molecule has 1 aromatic rings. The van der Waals surface area contributed by atoms with Crippen molar-refractivity contribution < 1.29 is 19.7 Å². The molecule has 0 saturated carbocycles. The number of phenolic OH excluding ortho intramolecular Hbond substituents is 2. The lowest BCUT2D eigenvalue weighted by molar-refractivity contribution is 0.0597. The van der Waals surface area contributed by atoms with E-state index in [1.165, 1.54) is 13.2 Å². The molecule has 4 heteroatoms. The highest BCUT2D eigenvalue weighted by Crippen LogP contribution is 2.32. The minimum absolute atomic E-state index is 0.134. The standard InChI is InChI=1S/C12H14O4/c1-4-5-8-10(14)6-9(13)7(2)11(8)12(15)16-3/h4,6,13-14H,1,5H2,2-3H3. The van der Waals surface area contributed by atoms with Crippen LogP contribution in [0.2, 0.25) is 0 Å². The number of ether oxygens (including phenoxy) is 1. The lowest BCUT2D eigenvalue weighted by atomic mass is 9.97. The molecule has 16 heavy (non-hydrogen) atoms. The van der Waals surface area contributed by atoms with Crippen molar-refractivity contribution in [2.24, 2.45) is 0 Å². The van der Waals surface area contributed by atoms with Crippen LogP contribution in [0.5, 0.6) is 11.5 Å². The second-order valence-electron chi connectivity index (χ2n) is 3.38. The number of carbonyl (C=O) groups is 1. The highest BCUT2D eigenvalue weighted by Gasteiger charge is 2.20. The summed E-state index contributed by atoms with van der Waals surface area (Å²) in [5, 5.41) is 19.2. The average Bonchev–Trinajstić information content (AvgIpc) is 2.25. The van der Waals surface area contributed by atoms with Gasteiger partial charge < -0.3 is 14.9 Å². The smallest absolute Gasteiger partial charge is 0.338 e. The Kier molecular flexibility index (Phi) is 3.55. The van der Waals surface area contributed by atoms with Crippen molar-refractivity contribution in [3.05, 3.63) is 35.4 Å². The molecular weight excluding hydrogens is 208 g/mol. The van der Waals surface area contributed by atoms with E-state index in [1.54, 1.807) is 13.0 Å². The van der Waals surface area contributed by atoms with Gasteiger partial charge in [0.25, 0.3) is 0 Å². The van der Waals surface area contributed by atoms with Crippen LogP contribution >= 0.6 is 0 Å². The molecular formula is C12H14O4. The summed E-state index contributed by atoms with van der Waals surface area (Å²) in [6, 6.07) is 1.21. The van der Waals surface area contributed by atoms with Crippen LogP contribution in [-0.4, -0.2) is 23.3 Å². The first kappa shape index (κ1) is 12.1. The quantitative estimate of drug-likeness (QED) is 0.605. The second kappa shape index (κ2) is 4.70. The number of methoxy groups -OCH3 is 1. The minimum Gasteiger partial charge on any atom is -0.508 e. The largest absolute Gasteiger partial charge is 0.508 e. The number of rotatable bonds is 3. The first-order chi connectivity index (χ1) is 7.52. The molecule has 1 rings (SSSR count). The molecule has 0 unspecified atom stereocenters. The molecule has 0 aliphatic rings. The number of allylic oxidation sites excluding steroid dienone is 1.